The molecule has 0 aliphatic rings. The standard InChI is InChI=1S/C24H19N3O4.C24H21N3O2/c1-30-23-10-6-5-9-20(23)21-15-18(25-16-26-21)13-17-11-12-24(22(14-17)27(28)29)31-19-7-3-2-4-8-19;1-28-23-10-6-5-9-20(23)22-15-18(26-16-27-22)13-17-11-12-24(21(25)14-17)29-19-7-3-2-4-8-19/h2-12,14-16H,13H2,1H3;2-12,14-16H,13,25H2,1H3. The minimum absolute atomic E-state index is 0.0969. The van der Waals surface area contributed by atoms with Gasteiger partial charge in [0, 0.05) is 41.4 Å². The Bertz CT molecular complexity index is 2700. The molecule has 0 fully saturated rings. The summed E-state index contributed by atoms with van der Waals surface area (Å²) in [6, 6.07) is 48.5. The van der Waals surface area contributed by atoms with Gasteiger partial charge in [-0.15, -0.1) is 0 Å². The molecule has 298 valence electrons. The van der Waals surface area contributed by atoms with Crippen molar-refractivity contribution in [1.82, 2.24) is 19.9 Å². The summed E-state index contributed by atoms with van der Waals surface area (Å²) in [5, 5.41) is 11.6. The number of nitro benzene ring substituents is 1. The lowest BCUT2D eigenvalue weighted by Crippen LogP contribution is -1.99. The second-order valence-electron chi connectivity index (χ2n) is 13.3. The van der Waals surface area contributed by atoms with Crippen molar-refractivity contribution in [3.63, 3.8) is 0 Å². The van der Waals surface area contributed by atoms with Crippen LogP contribution < -0.4 is 24.7 Å². The highest BCUT2D eigenvalue weighted by atomic mass is 16.6. The van der Waals surface area contributed by atoms with Crippen molar-refractivity contribution in [2.24, 2.45) is 0 Å². The van der Waals surface area contributed by atoms with Gasteiger partial charge in [-0.25, -0.2) is 19.9 Å². The van der Waals surface area contributed by atoms with Crippen LogP contribution in [0.4, 0.5) is 11.4 Å². The molecule has 0 aliphatic heterocycles. The van der Waals surface area contributed by atoms with E-state index in [4.69, 9.17) is 24.7 Å². The smallest absolute Gasteiger partial charge is 0.311 e. The molecule has 12 heteroatoms. The first-order chi connectivity index (χ1) is 29.4. The molecule has 0 saturated carbocycles. The zero-order valence-electron chi connectivity index (χ0n) is 32.8. The van der Waals surface area contributed by atoms with E-state index >= 15 is 0 Å². The summed E-state index contributed by atoms with van der Waals surface area (Å²) in [6.45, 7) is 0. The minimum Gasteiger partial charge on any atom is -0.496 e. The lowest BCUT2D eigenvalue weighted by atomic mass is 10.1. The maximum atomic E-state index is 11.6. The number of methoxy groups -OCH3 is 2. The molecule has 8 aromatic rings. The third-order valence-corrected chi connectivity index (χ3v) is 9.22. The normalized spacial score (nSPS) is 10.5. The summed E-state index contributed by atoms with van der Waals surface area (Å²) in [6.07, 6.45) is 4.11. The molecular formula is C48H40N6O6. The number of nitro groups is 1. The van der Waals surface area contributed by atoms with E-state index < -0.39 is 4.92 Å². The fraction of sp³-hybridized carbons (Fsp3) is 0.0833. The second-order valence-corrected chi connectivity index (χ2v) is 13.3. The Balaban J connectivity index is 0.000000182. The van der Waals surface area contributed by atoms with Crippen LogP contribution in [0.2, 0.25) is 0 Å². The van der Waals surface area contributed by atoms with Crippen molar-refractivity contribution < 1.29 is 23.9 Å². The molecule has 0 aliphatic carbocycles. The van der Waals surface area contributed by atoms with E-state index in [0.29, 0.717) is 35.8 Å². The van der Waals surface area contributed by atoms with Crippen LogP contribution in [0, 0.1) is 10.1 Å². The molecule has 0 unspecified atom stereocenters. The molecule has 6 aromatic carbocycles. The summed E-state index contributed by atoms with van der Waals surface area (Å²) < 4.78 is 22.4. The SMILES string of the molecule is COc1ccccc1-c1cc(Cc2ccc(Oc3ccccc3)c(N)c2)ncn1.COc1ccccc1-c1cc(Cc2ccc(Oc3ccccc3)c([N+](=O)[O-])c2)ncn1. The summed E-state index contributed by atoms with van der Waals surface area (Å²) in [7, 11) is 3.27. The Kier molecular flexibility index (Phi) is 12.9. The largest absolute Gasteiger partial charge is 0.496 e. The lowest BCUT2D eigenvalue weighted by Gasteiger charge is -2.11. The number of hydrogen-bond acceptors (Lipinski definition) is 11. The maximum absolute atomic E-state index is 11.6. The molecule has 12 nitrogen and oxygen atoms in total. The summed E-state index contributed by atoms with van der Waals surface area (Å²) in [4.78, 5) is 28.7. The highest BCUT2D eigenvalue weighted by Gasteiger charge is 2.18. The van der Waals surface area contributed by atoms with Gasteiger partial charge in [0.25, 0.3) is 0 Å². The highest BCUT2D eigenvalue weighted by molar-refractivity contribution is 5.68. The average molecular weight is 797 g/mol. The summed E-state index contributed by atoms with van der Waals surface area (Å²) >= 11 is 0. The number of nitrogen functional groups attached to an aromatic ring is 1. The van der Waals surface area contributed by atoms with Gasteiger partial charge in [0.15, 0.2) is 0 Å². The Morgan fingerprint density at radius 1 is 0.517 bits per heavy atom. The Morgan fingerprint density at radius 3 is 1.45 bits per heavy atom. The quantitative estimate of drug-likeness (QED) is 0.0672. The zero-order chi connectivity index (χ0) is 41.7. The van der Waals surface area contributed by atoms with E-state index in [-0.39, 0.29) is 11.4 Å². The van der Waals surface area contributed by atoms with Gasteiger partial charge >= 0.3 is 5.69 Å². The van der Waals surface area contributed by atoms with Crippen molar-refractivity contribution in [2.75, 3.05) is 20.0 Å². The van der Waals surface area contributed by atoms with E-state index in [0.717, 1.165) is 56.5 Å². The Hall–Kier alpha value is -8.12. The fourth-order valence-corrected chi connectivity index (χ4v) is 6.35. The van der Waals surface area contributed by atoms with Crippen LogP contribution in [0.3, 0.4) is 0 Å². The van der Waals surface area contributed by atoms with Gasteiger partial charge < -0.3 is 24.7 Å². The number of benzene rings is 6. The Morgan fingerprint density at radius 2 is 0.967 bits per heavy atom. The van der Waals surface area contributed by atoms with Gasteiger partial charge in [-0.2, -0.15) is 0 Å². The molecule has 0 saturated heterocycles. The summed E-state index contributed by atoms with van der Waals surface area (Å²) in [5.41, 5.74) is 13.5. The molecule has 60 heavy (non-hydrogen) atoms. The van der Waals surface area contributed by atoms with Crippen molar-refractivity contribution in [3.05, 3.63) is 203 Å². The molecule has 0 atom stereocenters. The number of ether oxygens (including phenoxy) is 4. The highest BCUT2D eigenvalue weighted by Crippen LogP contribution is 2.34. The van der Waals surface area contributed by atoms with E-state index in [1.54, 1.807) is 44.8 Å². The molecule has 0 amide bonds. The minimum atomic E-state index is -0.442. The molecular weight excluding hydrogens is 757 g/mol. The van der Waals surface area contributed by atoms with Gasteiger partial charge in [-0.1, -0.05) is 72.8 Å². The van der Waals surface area contributed by atoms with Crippen LogP contribution in [0.15, 0.2) is 170 Å². The number of nitrogens with zero attached hydrogens (tertiary/aromatic N) is 5. The molecule has 2 heterocycles. The Labute approximate surface area is 347 Å². The van der Waals surface area contributed by atoms with E-state index in [2.05, 4.69) is 19.9 Å². The third kappa shape index (κ3) is 10.2. The number of nitrogens with two attached hydrogens (primary N) is 1. The van der Waals surface area contributed by atoms with Crippen LogP contribution in [0.25, 0.3) is 22.5 Å². The predicted octanol–water partition coefficient (Wildman–Crippen LogP) is 10.6. The zero-order valence-corrected chi connectivity index (χ0v) is 32.8. The summed E-state index contributed by atoms with van der Waals surface area (Å²) in [5.74, 6) is 3.61. The monoisotopic (exact) mass is 796 g/mol. The number of para-hydroxylation sites is 4. The van der Waals surface area contributed by atoms with Gasteiger partial charge in [0.2, 0.25) is 5.75 Å². The van der Waals surface area contributed by atoms with Crippen LogP contribution in [0.5, 0.6) is 34.5 Å². The second kappa shape index (κ2) is 19.4. The van der Waals surface area contributed by atoms with E-state index in [1.807, 2.05) is 127 Å². The molecule has 0 bridgehead atoms. The molecule has 2 N–H and O–H groups in total. The molecule has 0 spiro atoms. The lowest BCUT2D eigenvalue weighted by molar-refractivity contribution is -0.385. The first-order valence-corrected chi connectivity index (χ1v) is 18.9. The van der Waals surface area contributed by atoms with Gasteiger partial charge in [0.05, 0.1) is 36.2 Å². The van der Waals surface area contributed by atoms with Gasteiger partial charge in [0.1, 0.15) is 41.4 Å². The van der Waals surface area contributed by atoms with Crippen LogP contribution in [-0.4, -0.2) is 39.1 Å². The first-order valence-electron chi connectivity index (χ1n) is 18.9. The maximum Gasteiger partial charge on any atom is 0.311 e. The van der Waals surface area contributed by atoms with Gasteiger partial charge in [-0.3, -0.25) is 10.1 Å². The van der Waals surface area contributed by atoms with Crippen molar-refractivity contribution in [2.45, 2.75) is 12.8 Å². The number of rotatable bonds is 13. The van der Waals surface area contributed by atoms with Crippen molar-refractivity contribution in [1.29, 1.82) is 0 Å². The topological polar surface area (TPSA) is 158 Å². The third-order valence-electron chi connectivity index (χ3n) is 9.22. The fourth-order valence-electron chi connectivity index (χ4n) is 6.35. The molecule has 2 aromatic heterocycles. The van der Waals surface area contributed by atoms with Crippen LogP contribution in [-0.2, 0) is 12.8 Å². The number of aromatic nitrogens is 4. The van der Waals surface area contributed by atoms with Crippen LogP contribution >= 0.6 is 0 Å². The van der Waals surface area contributed by atoms with Crippen LogP contribution in [0.1, 0.15) is 22.5 Å². The van der Waals surface area contributed by atoms with E-state index in [9.17, 15) is 10.1 Å². The van der Waals surface area contributed by atoms with Crippen molar-refractivity contribution >= 4 is 11.4 Å². The molecule has 0 radical (unpaired) electrons. The van der Waals surface area contributed by atoms with E-state index in [1.165, 1.54) is 12.4 Å². The first kappa shape index (κ1) is 40.1. The van der Waals surface area contributed by atoms with Gasteiger partial charge in [-0.05, 0) is 90.0 Å². The predicted molar refractivity (Wildman–Crippen MR) is 231 cm³/mol. The number of anilines is 1. The van der Waals surface area contributed by atoms with Crippen molar-refractivity contribution in [3.8, 4) is 57.0 Å². The average Bonchev–Trinajstić information content (AvgIpc) is 3.29. The molecule has 8 rings (SSSR count). The number of hydrogen-bond donors (Lipinski definition) is 1.